The first kappa shape index (κ1) is 8.54. The average Bonchev–Trinajstić information content (AvgIpc) is 1.96. The van der Waals surface area contributed by atoms with Gasteiger partial charge in [-0.05, 0) is 24.6 Å². The summed E-state index contributed by atoms with van der Waals surface area (Å²) in [6.07, 6.45) is -0.0993. The molecule has 0 saturated heterocycles. The lowest BCUT2D eigenvalue weighted by atomic mass is 10.1. The van der Waals surface area contributed by atoms with E-state index in [1.165, 1.54) is 12.1 Å². The van der Waals surface area contributed by atoms with Crippen molar-refractivity contribution in [2.24, 2.45) is 0 Å². The predicted octanol–water partition coefficient (Wildman–Crippen LogP) is 1.91. The van der Waals surface area contributed by atoms with Gasteiger partial charge in [0.1, 0.15) is 11.6 Å². The minimum Gasteiger partial charge on any atom is -0.508 e. The number of phenols is 1. The maximum Gasteiger partial charge on any atom is 0.131 e. The van der Waals surface area contributed by atoms with Crippen LogP contribution in [0.3, 0.4) is 0 Å². The second kappa shape index (κ2) is 3.22. The summed E-state index contributed by atoms with van der Waals surface area (Å²) in [6.45, 7) is 1.68. The monoisotopic (exact) mass is 165 g/mol. The van der Waals surface area contributed by atoms with Gasteiger partial charge >= 0.3 is 0 Å². The van der Waals surface area contributed by atoms with E-state index in [9.17, 15) is 9.50 Å². The fourth-order valence-electron chi connectivity index (χ4n) is 1.01. The molecule has 0 aliphatic heterocycles. The number of nitrogens with zero attached hydrogens (tertiary/aromatic N) is 1. The minimum atomic E-state index is -0.519. The third kappa shape index (κ3) is 1.54. The molecule has 0 aliphatic rings. The van der Waals surface area contributed by atoms with Crippen LogP contribution >= 0.6 is 0 Å². The first-order chi connectivity index (χ1) is 5.65. The van der Waals surface area contributed by atoms with Crippen molar-refractivity contribution >= 4 is 0 Å². The fourth-order valence-corrected chi connectivity index (χ4v) is 1.01. The largest absolute Gasteiger partial charge is 0.508 e. The number of phenolic OH excluding ortho intramolecular Hbond substituents is 1. The van der Waals surface area contributed by atoms with Gasteiger partial charge in [0.15, 0.2) is 0 Å². The number of hydrogen-bond acceptors (Lipinski definition) is 2. The van der Waals surface area contributed by atoms with Crippen molar-refractivity contribution in [2.45, 2.75) is 13.3 Å². The summed E-state index contributed by atoms with van der Waals surface area (Å²) in [5, 5.41) is 17.5. The Morgan fingerprint density at radius 2 is 2.25 bits per heavy atom. The van der Waals surface area contributed by atoms with Gasteiger partial charge in [0, 0.05) is 5.56 Å². The average molecular weight is 165 g/mol. The molecule has 0 amide bonds. The third-order valence-corrected chi connectivity index (χ3v) is 1.57. The summed E-state index contributed by atoms with van der Waals surface area (Å²) in [6, 6.07) is 4.52. The Bertz CT molecular complexity index is 318. The van der Waals surface area contributed by atoms with Crippen molar-refractivity contribution < 1.29 is 9.50 Å². The van der Waals surface area contributed by atoms with E-state index in [0.717, 1.165) is 0 Å². The SMILES string of the molecule is Cc1cc(O)c(CC#N)c(F)c1. The summed E-state index contributed by atoms with van der Waals surface area (Å²) in [4.78, 5) is 0. The molecule has 0 radical (unpaired) electrons. The number of aryl methyl sites for hydroxylation is 1. The van der Waals surface area contributed by atoms with E-state index < -0.39 is 5.82 Å². The molecule has 0 fully saturated rings. The topological polar surface area (TPSA) is 44.0 Å². The summed E-state index contributed by atoms with van der Waals surface area (Å²) in [5.41, 5.74) is 0.717. The van der Waals surface area contributed by atoms with Crippen molar-refractivity contribution in [3.8, 4) is 11.8 Å². The van der Waals surface area contributed by atoms with Crippen LogP contribution in [0.2, 0.25) is 0 Å². The molecule has 1 aromatic rings. The smallest absolute Gasteiger partial charge is 0.131 e. The highest BCUT2D eigenvalue weighted by molar-refractivity contribution is 5.38. The Morgan fingerprint density at radius 1 is 1.58 bits per heavy atom. The highest BCUT2D eigenvalue weighted by Gasteiger charge is 2.07. The maximum atomic E-state index is 13.0. The lowest BCUT2D eigenvalue weighted by molar-refractivity contribution is 0.460. The predicted molar refractivity (Wildman–Crippen MR) is 42.1 cm³/mol. The first-order valence-corrected chi connectivity index (χ1v) is 3.50. The molecule has 0 aliphatic carbocycles. The van der Waals surface area contributed by atoms with Gasteiger partial charge in [-0.15, -0.1) is 0 Å². The molecule has 1 rings (SSSR count). The third-order valence-electron chi connectivity index (χ3n) is 1.57. The van der Waals surface area contributed by atoms with Crippen LogP contribution < -0.4 is 0 Å². The van der Waals surface area contributed by atoms with E-state index in [1.54, 1.807) is 13.0 Å². The Kier molecular flexibility index (Phi) is 2.29. The van der Waals surface area contributed by atoms with Gasteiger partial charge in [0.2, 0.25) is 0 Å². The van der Waals surface area contributed by atoms with Gasteiger partial charge in [-0.1, -0.05) is 0 Å². The second-order valence-electron chi connectivity index (χ2n) is 2.58. The molecule has 0 saturated carbocycles. The van der Waals surface area contributed by atoms with Crippen molar-refractivity contribution in [1.82, 2.24) is 0 Å². The van der Waals surface area contributed by atoms with Gasteiger partial charge in [-0.25, -0.2) is 4.39 Å². The number of aromatic hydroxyl groups is 1. The van der Waals surface area contributed by atoms with Crippen LogP contribution in [0.5, 0.6) is 5.75 Å². The molecular formula is C9H8FNO. The summed E-state index contributed by atoms with van der Waals surface area (Å²) < 4.78 is 13.0. The standard InChI is InChI=1S/C9H8FNO/c1-6-4-8(10)7(2-3-11)9(12)5-6/h4-5,12H,2H2,1H3. The zero-order valence-electron chi connectivity index (χ0n) is 6.63. The number of halogens is 1. The highest BCUT2D eigenvalue weighted by atomic mass is 19.1. The van der Waals surface area contributed by atoms with Crippen LogP contribution in [0.15, 0.2) is 12.1 Å². The molecule has 12 heavy (non-hydrogen) atoms. The number of nitriles is 1. The van der Waals surface area contributed by atoms with Crippen molar-refractivity contribution in [1.29, 1.82) is 5.26 Å². The van der Waals surface area contributed by atoms with Gasteiger partial charge in [-0.3, -0.25) is 0 Å². The quantitative estimate of drug-likeness (QED) is 0.690. The zero-order valence-corrected chi connectivity index (χ0v) is 6.63. The van der Waals surface area contributed by atoms with Crippen LogP contribution in [0.4, 0.5) is 4.39 Å². The number of rotatable bonds is 1. The summed E-state index contributed by atoms with van der Waals surface area (Å²) >= 11 is 0. The molecule has 0 atom stereocenters. The van der Waals surface area contributed by atoms with Gasteiger partial charge in [0.25, 0.3) is 0 Å². The molecular weight excluding hydrogens is 157 g/mol. The van der Waals surface area contributed by atoms with Gasteiger partial charge in [-0.2, -0.15) is 5.26 Å². The Hall–Kier alpha value is -1.56. The normalized spacial score (nSPS) is 9.42. The van der Waals surface area contributed by atoms with E-state index in [4.69, 9.17) is 5.26 Å². The first-order valence-electron chi connectivity index (χ1n) is 3.50. The fraction of sp³-hybridized carbons (Fsp3) is 0.222. The Morgan fingerprint density at radius 3 is 2.75 bits per heavy atom. The minimum absolute atomic E-state index is 0.0723. The molecule has 0 heterocycles. The Balaban J connectivity index is 3.21. The number of hydrogen-bond donors (Lipinski definition) is 1. The molecule has 62 valence electrons. The maximum absolute atomic E-state index is 13.0. The molecule has 1 N–H and O–H groups in total. The number of benzene rings is 1. The molecule has 3 heteroatoms. The van der Waals surface area contributed by atoms with Crippen LogP contribution in [0, 0.1) is 24.1 Å². The second-order valence-corrected chi connectivity index (χ2v) is 2.58. The van der Waals surface area contributed by atoms with Crippen molar-refractivity contribution in [2.75, 3.05) is 0 Å². The van der Waals surface area contributed by atoms with Crippen LogP contribution in [-0.2, 0) is 6.42 Å². The lowest BCUT2D eigenvalue weighted by Gasteiger charge is -2.02. The lowest BCUT2D eigenvalue weighted by Crippen LogP contribution is -1.90. The van der Waals surface area contributed by atoms with Crippen LogP contribution in [0.1, 0.15) is 11.1 Å². The van der Waals surface area contributed by atoms with Crippen LogP contribution in [-0.4, -0.2) is 5.11 Å². The molecule has 1 aromatic carbocycles. The molecule has 0 spiro atoms. The van der Waals surface area contributed by atoms with Crippen molar-refractivity contribution in [3.05, 3.63) is 29.1 Å². The van der Waals surface area contributed by atoms with Gasteiger partial charge < -0.3 is 5.11 Å². The van der Waals surface area contributed by atoms with Crippen molar-refractivity contribution in [3.63, 3.8) is 0 Å². The molecule has 0 aromatic heterocycles. The van der Waals surface area contributed by atoms with E-state index in [1.807, 2.05) is 0 Å². The molecule has 0 unspecified atom stereocenters. The van der Waals surface area contributed by atoms with E-state index in [-0.39, 0.29) is 17.7 Å². The molecule has 0 bridgehead atoms. The zero-order chi connectivity index (χ0) is 9.14. The molecule has 2 nitrogen and oxygen atoms in total. The van der Waals surface area contributed by atoms with Crippen LogP contribution in [0.25, 0.3) is 0 Å². The Labute approximate surface area is 69.9 Å². The van der Waals surface area contributed by atoms with E-state index in [2.05, 4.69) is 0 Å². The highest BCUT2D eigenvalue weighted by Crippen LogP contribution is 2.22. The van der Waals surface area contributed by atoms with E-state index >= 15 is 0 Å². The summed E-state index contributed by atoms with van der Waals surface area (Å²) in [5.74, 6) is -0.664. The summed E-state index contributed by atoms with van der Waals surface area (Å²) in [7, 11) is 0. The van der Waals surface area contributed by atoms with Gasteiger partial charge in [0.05, 0.1) is 12.5 Å². The van der Waals surface area contributed by atoms with E-state index in [0.29, 0.717) is 5.56 Å².